The van der Waals surface area contributed by atoms with Gasteiger partial charge in [-0.15, -0.1) is 0 Å². The van der Waals surface area contributed by atoms with Gasteiger partial charge in [-0.2, -0.15) is 0 Å². The van der Waals surface area contributed by atoms with Crippen molar-refractivity contribution in [1.82, 2.24) is 14.9 Å². The fraction of sp³-hybridized carbons (Fsp3) is 0.174. The molecule has 0 saturated heterocycles. The van der Waals surface area contributed by atoms with Crippen LogP contribution >= 0.6 is 0 Å². The number of hydrogen-bond acceptors (Lipinski definition) is 5. The van der Waals surface area contributed by atoms with Crippen molar-refractivity contribution < 1.29 is 15.0 Å². The molecule has 3 heterocycles. The molecule has 0 spiro atoms. The van der Waals surface area contributed by atoms with Crippen LogP contribution in [0.25, 0.3) is 0 Å². The Hall–Kier alpha value is -3.51. The van der Waals surface area contributed by atoms with E-state index in [1.54, 1.807) is 24.5 Å². The van der Waals surface area contributed by atoms with E-state index in [0.29, 0.717) is 12.2 Å². The maximum absolute atomic E-state index is 12.1. The summed E-state index contributed by atoms with van der Waals surface area (Å²) in [5.74, 6) is -1.27. The standard InChI is InChI=1S/C23H21N3O3/c27-20-14-19(17-10-4-6-12-24-17)26(15-16-8-2-1-3-9-16)22(21(20)23(28)29)18-11-5-7-13-25-18/h1-13,19,22,27H,14-15H2,(H,28,29)/t19-,22-/m0/s1. The lowest BCUT2D eigenvalue weighted by Gasteiger charge is -2.41. The van der Waals surface area contributed by atoms with Crippen LogP contribution in [-0.2, 0) is 11.3 Å². The molecule has 1 aliphatic rings. The third-order valence-corrected chi connectivity index (χ3v) is 5.14. The van der Waals surface area contributed by atoms with E-state index in [2.05, 4.69) is 14.9 Å². The monoisotopic (exact) mass is 387 g/mol. The first-order valence-electron chi connectivity index (χ1n) is 9.42. The molecule has 0 saturated carbocycles. The molecule has 29 heavy (non-hydrogen) atoms. The molecule has 4 rings (SSSR count). The first-order chi connectivity index (χ1) is 14.1. The molecule has 0 aliphatic carbocycles. The SMILES string of the molecule is O=C(O)C1=C(O)C[C@@H](c2ccccn2)N(Cc2ccccc2)[C@H]1c1ccccn1. The van der Waals surface area contributed by atoms with Gasteiger partial charge in [0.2, 0.25) is 0 Å². The van der Waals surface area contributed by atoms with E-state index >= 15 is 0 Å². The fourth-order valence-corrected chi connectivity index (χ4v) is 3.85. The topological polar surface area (TPSA) is 86.5 Å². The van der Waals surface area contributed by atoms with Crippen molar-refractivity contribution in [2.45, 2.75) is 25.0 Å². The predicted octanol–water partition coefficient (Wildman–Crippen LogP) is 4.06. The first-order valence-corrected chi connectivity index (χ1v) is 9.42. The lowest BCUT2D eigenvalue weighted by molar-refractivity contribution is -0.134. The van der Waals surface area contributed by atoms with Gasteiger partial charge < -0.3 is 10.2 Å². The molecule has 2 aromatic heterocycles. The van der Waals surface area contributed by atoms with Crippen LogP contribution in [0.15, 0.2) is 90.5 Å². The average molecular weight is 387 g/mol. The zero-order valence-corrected chi connectivity index (χ0v) is 15.7. The number of hydrogen-bond donors (Lipinski definition) is 2. The quantitative estimate of drug-likeness (QED) is 0.687. The summed E-state index contributed by atoms with van der Waals surface area (Å²) in [6.45, 7) is 0.493. The van der Waals surface area contributed by atoms with Crippen LogP contribution in [0.2, 0.25) is 0 Å². The lowest BCUT2D eigenvalue weighted by atomic mass is 9.88. The second-order valence-corrected chi connectivity index (χ2v) is 6.96. The van der Waals surface area contributed by atoms with Crippen LogP contribution in [0.5, 0.6) is 0 Å². The van der Waals surface area contributed by atoms with Crippen LogP contribution in [0, 0.1) is 0 Å². The van der Waals surface area contributed by atoms with Gasteiger partial charge in [0.15, 0.2) is 0 Å². The minimum atomic E-state index is -1.14. The van der Waals surface area contributed by atoms with E-state index in [4.69, 9.17) is 0 Å². The Bertz CT molecular complexity index is 1010. The molecule has 0 amide bonds. The van der Waals surface area contributed by atoms with E-state index in [1.807, 2.05) is 54.6 Å². The molecule has 6 nitrogen and oxygen atoms in total. The number of carbonyl (C=O) groups is 1. The van der Waals surface area contributed by atoms with Crippen LogP contribution in [-0.4, -0.2) is 31.1 Å². The Morgan fingerprint density at radius 3 is 2.14 bits per heavy atom. The van der Waals surface area contributed by atoms with E-state index in [9.17, 15) is 15.0 Å². The van der Waals surface area contributed by atoms with Crippen molar-refractivity contribution in [3.05, 3.63) is 107 Å². The zero-order chi connectivity index (χ0) is 20.2. The number of carboxylic acids is 1. The molecule has 1 aromatic carbocycles. The second kappa shape index (κ2) is 8.24. The van der Waals surface area contributed by atoms with Gasteiger partial charge in [0.1, 0.15) is 5.76 Å². The summed E-state index contributed by atoms with van der Waals surface area (Å²) in [4.78, 5) is 23.1. The molecule has 1 aliphatic heterocycles. The molecule has 6 heteroatoms. The van der Waals surface area contributed by atoms with E-state index < -0.39 is 12.0 Å². The van der Waals surface area contributed by atoms with Crippen LogP contribution in [0.1, 0.15) is 35.5 Å². The average Bonchev–Trinajstić information content (AvgIpc) is 2.76. The smallest absolute Gasteiger partial charge is 0.337 e. The maximum atomic E-state index is 12.1. The Labute approximate surface area is 168 Å². The number of benzene rings is 1. The third kappa shape index (κ3) is 3.88. The van der Waals surface area contributed by atoms with Gasteiger partial charge in [-0.3, -0.25) is 14.9 Å². The minimum absolute atomic E-state index is 0.0354. The highest BCUT2D eigenvalue weighted by atomic mass is 16.4. The molecule has 2 atom stereocenters. The molecule has 0 bridgehead atoms. The summed E-state index contributed by atoms with van der Waals surface area (Å²) >= 11 is 0. The predicted molar refractivity (Wildman–Crippen MR) is 108 cm³/mol. The normalized spacial score (nSPS) is 19.9. The van der Waals surface area contributed by atoms with Crippen molar-refractivity contribution >= 4 is 5.97 Å². The number of aromatic nitrogens is 2. The summed E-state index contributed by atoms with van der Waals surface area (Å²) in [7, 11) is 0. The first kappa shape index (κ1) is 18.8. The molecule has 0 fully saturated rings. The summed E-state index contributed by atoms with van der Waals surface area (Å²) in [5, 5.41) is 20.6. The molecular formula is C23H21N3O3. The van der Waals surface area contributed by atoms with E-state index in [0.717, 1.165) is 11.3 Å². The summed E-state index contributed by atoms with van der Waals surface area (Å²) < 4.78 is 0. The van der Waals surface area contributed by atoms with Gasteiger partial charge >= 0.3 is 5.97 Å². The van der Waals surface area contributed by atoms with Gasteiger partial charge in [0, 0.05) is 25.4 Å². The van der Waals surface area contributed by atoms with Crippen molar-refractivity contribution in [2.24, 2.45) is 0 Å². The Morgan fingerprint density at radius 1 is 0.931 bits per heavy atom. The number of nitrogens with zero attached hydrogens (tertiary/aromatic N) is 3. The van der Waals surface area contributed by atoms with Crippen molar-refractivity contribution in [2.75, 3.05) is 0 Å². The zero-order valence-electron chi connectivity index (χ0n) is 15.7. The number of pyridine rings is 2. The maximum Gasteiger partial charge on any atom is 0.337 e. The van der Waals surface area contributed by atoms with Crippen LogP contribution < -0.4 is 0 Å². The molecule has 2 N–H and O–H groups in total. The molecule has 3 aromatic rings. The fourth-order valence-electron chi connectivity index (χ4n) is 3.85. The number of aliphatic hydroxyl groups is 1. The minimum Gasteiger partial charge on any atom is -0.512 e. The highest BCUT2D eigenvalue weighted by Gasteiger charge is 2.42. The molecule has 0 unspecified atom stereocenters. The molecule has 146 valence electrons. The Balaban J connectivity index is 1.87. The number of aliphatic carboxylic acids is 1. The lowest BCUT2D eigenvalue weighted by Crippen LogP contribution is -2.40. The summed E-state index contributed by atoms with van der Waals surface area (Å²) in [5.41, 5.74) is 2.36. The highest BCUT2D eigenvalue weighted by Crippen LogP contribution is 2.44. The van der Waals surface area contributed by atoms with Gasteiger partial charge in [-0.05, 0) is 29.8 Å². The Kier molecular flexibility index (Phi) is 5.35. The second-order valence-electron chi connectivity index (χ2n) is 6.96. The van der Waals surface area contributed by atoms with Gasteiger partial charge in [-0.25, -0.2) is 4.79 Å². The molecule has 0 radical (unpaired) electrons. The number of rotatable bonds is 5. The van der Waals surface area contributed by atoms with Crippen LogP contribution in [0.4, 0.5) is 0 Å². The third-order valence-electron chi connectivity index (χ3n) is 5.14. The largest absolute Gasteiger partial charge is 0.512 e. The van der Waals surface area contributed by atoms with Gasteiger partial charge in [-0.1, -0.05) is 42.5 Å². The van der Waals surface area contributed by atoms with E-state index in [1.165, 1.54) is 0 Å². The summed E-state index contributed by atoms with van der Waals surface area (Å²) in [6.07, 6.45) is 3.52. The highest BCUT2D eigenvalue weighted by molar-refractivity contribution is 5.89. The summed E-state index contributed by atoms with van der Waals surface area (Å²) in [6, 6.07) is 19.9. The van der Waals surface area contributed by atoms with Crippen molar-refractivity contribution in [3.63, 3.8) is 0 Å². The van der Waals surface area contributed by atoms with Crippen molar-refractivity contribution in [3.8, 4) is 0 Å². The molecular weight excluding hydrogens is 366 g/mol. The van der Waals surface area contributed by atoms with Crippen LogP contribution in [0.3, 0.4) is 0 Å². The van der Waals surface area contributed by atoms with Gasteiger partial charge in [0.05, 0.1) is 29.0 Å². The van der Waals surface area contributed by atoms with E-state index in [-0.39, 0.29) is 23.8 Å². The Morgan fingerprint density at radius 2 is 1.55 bits per heavy atom. The van der Waals surface area contributed by atoms with Gasteiger partial charge in [0.25, 0.3) is 0 Å². The number of carboxylic acid groups (broad SMARTS) is 1. The van der Waals surface area contributed by atoms with Crippen molar-refractivity contribution in [1.29, 1.82) is 0 Å². The number of aliphatic hydroxyl groups excluding tert-OH is 1.